The highest BCUT2D eigenvalue weighted by Gasteiger charge is 2.28. The molecule has 0 amide bonds. The largest absolute Gasteiger partial charge is 0.0952 e. The van der Waals surface area contributed by atoms with Crippen LogP contribution in [-0.2, 0) is 0 Å². The molecule has 0 heterocycles. The molecular formula is C14H24Si. The smallest absolute Gasteiger partial charge is 0.0686 e. The Kier molecular flexibility index (Phi) is 3.20. The molecule has 2 bridgehead atoms. The zero-order valence-electron chi connectivity index (χ0n) is 10.4. The summed E-state index contributed by atoms with van der Waals surface area (Å²) in [5, 5.41) is 0. The molecule has 0 aromatic heterocycles. The van der Waals surface area contributed by atoms with Crippen molar-refractivity contribution in [1.82, 2.24) is 0 Å². The second-order valence-electron chi connectivity index (χ2n) is 6.28. The van der Waals surface area contributed by atoms with Gasteiger partial charge in [0.05, 0.1) is 8.07 Å². The van der Waals surface area contributed by atoms with E-state index in [2.05, 4.69) is 37.5 Å². The molecular weight excluding hydrogens is 196 g/mol. The summed E-state index contributed by atoms with van der Waals surface area (Å²) in [6, 6.07) is 0. The molecule has 1 saturated carbocycles. The van der Waals surface area contributed by atoms with E-state index in [-0.39, 0.29) is 0 Å². The van der Waals surface area contributed by atoms with Gasteiger partial charge in [0.25, 0.3) is 0 Å². The maximum Gasteiger partial charge on any atom is 0.0686 e. The minimum atomic E-state index is -1.02. The minimum absolute atomic E-state index is 0.897. The summed E-state index contributed by atoms with van der Waals surface area (Å²) >= 11 is 0. The Labute approximate surface area is 95.5 Å². The van der Waals surface area contributed by atoms with Gasteiger partial charge in [0.1, 0.15) is 0 Å². The summed E-state index contributed by atoms with van der Waals surface area (Å²) in [4.78, 5) is 0. The summed E-state index contributed by atoms with van der Waals surface area (Å²) in [6.45, 7) is 7.40. The van der Waals surface area contributed by atoms with Crippen molar-refractivity contribution in [1.29, 1.82) is 0 Å². The second kappa shape index (κ2) is 4.29. The Hall–Kier alpha value is -0.303. The van der Waals surface area contributed by atoms with Gasteiger partial charge in [-0.05, 0) is 37.5 Å². The number of allylic oxidation sites excluding steroid dienone is 3. The number of fused-ring (bicyclic) bond motifs is 2. The van der Waals surface area contributed by atoms with E-state index in [1.54, 1.807) is 0 Å². The Morgan fingerprint density at radius 3 is 2.07 bits per heavy atom. The SMILES string of the molecule is C[Si](C)(C)C=C1[C@H]2CC=CC[C@H]1CCC2. The van der Waals surface area contributed by atoms with E-state index < -0.39 is 8.07 Å². The molecule has 0 aromatic carbocycles. The van der Waals surface area contributed by atoms with Crippen molar-refractivity contribution < 1.29 is 0 Å². The lowest BCUT2D eigenvalue weighted by Gasteiger charge is -2.32. The first-order valence-corrected chi connectivity index (χ1v) is 10.0. The topological polar surface area (TPSA) is 0 Å². The molecule has 1 fully saturated rings. The monoisotopic (exact) mass is 220 g/mol. The molecule has 0 saturated heterocycles. The molecule has 0 spiro atoms. The molecule has 0 radical (unpaired) electrons. The summed E-state index contributed by atoms with van der Waals surface area (Å²) in [5.41, 5.74) is 4.54. The van der Waals surface area contributed by atoms with Crippen molar-refractivity contribution in [3.05, 3.63) is 23.4 Å². The van der Waals surface area contributed by atoms with E-state index in [0.717, 1.165) is 11.8 Å². The highest BCUT2D eigenvalue weighted by Crippen LogP contribution is 2.41. The molecule has 2 aliphatic rings. The predicted molar refractivity (Wildman–Crippen MR) is 70.6 cm³/mol. The van der Waals surface area contributed by atoms with Gasteiger partial charge in [0, 0.05) is 0 Å². The molecule has 2 atom stereocenters. The molecule has 0 nitrogen and oxygen atoms in total. The molecule has 15 heavy (non-hydrogen) atoms. The van der Waals surface area contributed by atoms with Crippen LogP contribution in [0, 0.1) is 11.8 Å². The average Bonchev–Trinajstić information content (AvgIpc) is 2.27. The van der Waals surface area contributed by atoms with E-state index in [1.807, 2.05) is 5.57 Å². The summed E-state index contributed by atoms with van der Waals surface area (Å²) in [5.74, 6) is 1.79. The zero-order chi connectivity index (χ0) is 10.9. The van der Waals surface area contributed by atoms with Crippen molar-refractivity contribution >= 4 is 8.07 Å². The Morgan fingerprint density at radius 2 is 1.60 bits per heavy atom. The summed E-state index contributed by atoms with van der Waals surface area (Å²) < 4.78 is 0. The van der Waals surface area contributed by atoms with E-state index in [4.69, 9.17) is 0 Å². The average molecular weight is 220 g/mol. The van der Waals surface area contributed by atoms with Crippen LogP contribution in [0.2, 0.25) is 19.6 Å². The van der Waals surface area contributed by atoms with Gasteiger partial charge in [-0.1, -0.05) is 49.5 Å². The molecule has 0 aliphatic heterocycles. The van der Waals surface area contributed by atoms with Crippen LogP contribution < -0.4 is 0 Å². The first-order valence-electron chi connectivity index (χ1n) is 6.44. The van der Waals surface area contributed by atoms with Crippen LogP contribution in [0.25, 0.3) is 0 Å². The summed E-state index contributed by atoms with van der Waals surface area (Å²) in [7, 11) is -1.02. The molecule has 2 aliphatic carbocycles. The quantitative estimate of drug-likeness (QED) is 0.449. The highest BCUT2D eigenvalue weighted by atomic mass is 28.3. The fourth-order valence-electron chi connectivity index (χ4n) is 3.04. The van der Waals surface area contributed by atoms with Gasteiger partial charge < -0.3 is 0 Å². The van der Waals surface area contributed by atoms with Crippen molar-refractivity contribution in [2.45, 2.75) is 51.7 Å². The lowest BCUT2D eigenvalue weighted by Crippen LogP contribution is -2.24. The molecule has 0 unspecified atom stereocenters. The van der Waals surface area contributed by atoms with Crippen LogP contribution in [0.1, 0.15) is 32.1 Å². The number of hydrogen-bond acceptors (Lipinski definition) is 0. The molecule has 1 heteroatoms. The van der Waals surface area contributed by atoms with E-state index in [1.165, 1.54) is 32.1 Å². The molecule has 2 rings (SSSR count). The van der Waals surface area contributed by atoms with E-state index >= 15 is 0 Å². The van der Waals surface area contributed by atoms with Crippen LogP contribution in [0.4, 0.5) is 0 Å². The van der Waals surface area contributed by atoms with Gasteiger partial charge in [-0.2, -0.15) is 0 Å². The maximum absolute atomic E-state index is 2.70. The molecule has 84 valence electrons. The molecule has 0 aromatic rings. The highest BCUT2D eigenvalue weighted by molar-refractivity contribution is 6.81. The normalized spacial score (nSPS) is 31.3. The third kappa shape index (κ3) is 2.84. The van der Waals surface area contributed by atoms with E-state index in [0.29, 0.717) is 0 Å². The fraction of sp³-hybridized carbons (Fsp3) is 0.714. The molecule has 0 N–H and O–H groups in total. The van der Waals surface area contributed by atoms with Crippen LogP contribution in [0.15, 0.2) is 23.4 Å². The Balaban J connectivity index is 2.26. The zero-order valence-corrected chi connectivity index (χ0v) is 11.4. The van der Waals surface area contributed by atoms with Crippen molar-refractivity contribution in [2.24, 2.45) is 11.8 Å². The van der Waals surface area contributed by atoms with Gasteiger partial charge >= 0.3 is 0 Å². The summed E-state index contributed by atoms with van der Waals surface area (Å²) in [6.07, 6.45) is 11.8. The van der Waals surface area contributed by atoms with Gasteiger partial charge in [-0.25, -0.2) is 0 Å². The number of rotatable bonds is 1. The van der Waals surface area contributed by atoms with Crippen LogP contribution >= 0.6 is 0 Å². The van der Waals surface area contributed by atoms with Crippen molar-refractivity contribution in [3.8, 4) is 0 Å². The van der Waals surface area contributed by atoms with Crippen LogP contribution in [0.3, 0.4) is 0 Å². The second-order valence-corrected chi connectivity index (χ2v) is 11.3. The standard InChI is InChI=1S/C14H24Si/c1-15(2,3)11-14-12-7-4-5-8-13(14)10-6-9-12/h4-5,11-13H,6-10H2,1-3H3/t12-,13-/m0/s1. The van der Waals surface area contributed by atoms with Crippen LogP contribution in [-0.4, -0.2) is 8.07 Å². The Morgan fingerprint density at radius 1 is 1.07 bits per heavy atom. The van der Waals surface area contributed by atoms with Crippen molar-refractivity contribution in [3.63, 3.8) is 0 Å². The first kappa shape index (κ1) is 11.2. The van der Waals surface area contributed by atoms with Crippen molar-refractivity contribution in [2.75, 3.05) is 0 Å². The van der Waals surface area contributed by atoms with Gasteiger partial charge in [-0.3, -0.25) is 0 Å². The Bertz CT molecular complexity index is 262. The van der Waals surface area contributed by atoms with Crippen LogP contribution in [0.5, 0.6) is 0 Å². The minimum Gasteiger partial charge on any atom is -0.0952 e. The lowest BCUT2D eigenvalue weighted by atomic mass is 9.76. The van der Waals surface area contributed by atoms with Gasteiger partial charge in [0.2, 0.25) is 0 Å². The third-order valence-corrected chi connectivity index (χ3v) is 4.85. The van der Waals surface area contributed by atoms with Gasteiger partial charge in [0.15, 0.2) is 0 Å². The number of hydrogen-bond donors (Lipinski definition) is 0. The van der Waals surface area contributed by atoms with Gasteiger partial charge in [-0.15, -0.1) is 0 Å². The third-order valence-electron chi connectivity index (χ3n) is 3.66. The fourth-order valence-corrected chi connectivity index (χ4v) is 4.51. The first-order chi connectivity index (χ1) is 7.06. The van der Waals surface area contributed by atoms with E-state index in [9.17, 15) is 0 Å². The predicted octanol–water partition coefficient (Wildman–Crippen LogP) is 4.56. The lowest BCUT2D eigenvalue weighted by molar-refractivity contribution is 0.379. The maximum atomic E-state index is 2.70.